The van der Waals surface area contributed by atoms with Crippen LogP contribution in [-0.4, -0.2) is 36.7 Å². The highest BCUT2D eigenvalue weighted by atomic mass is 32.1. The zero-order valence-electron chi connectivity index (χ0n) is 18.7. The minimum atomic E-state index is -2.66. The molecule has 0 fully saturated rings. The maximum Gasteiger partial charge on any atom is 0.678 e. The van der Waals surface area contributed by atoms with Crippen molar-refractivity contribution in [1.29, 1.82) is 0 Å². The van der Waals surface area contributed by atoms with E-state index in [1.165, 1.54) is 11.3 Å². The molecule has 34 heavy (non-hydrogen) atoms. The molecule has 1 aromatic carbocycles. The molecule has 0 saturated heterocycles. The number of benzene rings is 1. The van der Waals surface area contributed by atoms with Crippen LogP contribution in [0.15, 0.2) is 76.8 Å². The lowest BCUT2D eigenvalue weighted by atomic mass is 10.1. The summed E-state index contributed by atoms with van der Waals surface area (Å²) in [7, 11) is -2.66. The molecular formula is C25H24BF2N3O2S. The van der Waals surface area contributed by atoms with E-state index in [1.54, 1.807) is 36.4 Å². The number of aromatic nitrogens is 1. The van der Waals surface area contributed by atoms with Crippen LogP contribution in [0.25, 0.3) is 16.6 Å². The molecule has 0 unspecified atom stereocenters. The number of hydrogen-bond donors (Lipinski definition) is 1. The first-order valence-corrected chi connectivity index (χ1v) is 11.9. The summed E-state index contributed by atoms with van der Waals surface area (Å²) >= 11 is 1.42. The molecule has 3 heterocycles. The van der Waals surface area contributed by atoms with E-state index < -0.39 is 7.40 Å². The Hall–Kier alpha value is -3.46. The number of unbranched alkanes of at least 4 members (excludes halogenated alkanes) is 1. The molecule has 0 radical (unpaired) electrons. The third-order valence-electron chi connectivity index (χ3n) is 5.25. The number of nitrogens with one attached hydrogen (secondary N) is 1. The number of ether oxygens (including phenoxy) is 1. The van der Waals surface area contributed by atoms with Crippen LogP contribution in [0.2, 0.25) is 0 Å². The van der Waals surface area contributed by atoms with E-state index >= 15 is 0 Å². The van der Waals surface area contributed by atoms with Gasteiger partial charge < -0.3 is 14.5 Å². The fourth-order valence-corrected chi connectivity index (χ4v) is 4.27. The van der Waals surface area contributed by atoms with Crippen molar-refractivity contribution in [1.82, 2.24) is 9.79 Å². The van der Waals surface area contributed by atoms with Gasteiger partial charge >= 0.3 is 7.40 Å². The number of amides is 1. The fourth-order valence-electron chi connectivity index (χ4n) is 3.52. The van der Waals surface area contributed by atoms with E-state index in [-0.39, 0.29) is 12.5 Å². The number of halogens is 2. The van der Waals surface area contributed by atoms with Crippen LogP contribution < -0.4 is 10.1 Å². The van der Waals surface area contributed by atoms with Gasteiger partial charge in [0.2, 0.25) is 0 Å². The smallest absolute Gasteiger partial charge is 0.484 e. The van der Waals surface area contributed by atoms with Crippen LogP contribution in [0.5, 0.6) is 5.75 Å². The molecule has 0 bridgehead atoms. The van der Waals surface area contributed by atoms with Crippen LogP contribution in [0.1, 0.15) is 31.0 Å². The van der Waals surface area contributed by atoms with Crippen molar-refractivity contribution >= 4 is 36.4 Å². The van der Waals surface area contributed by atoms with E-state index in [4.69, 9.17) is 4.74 Å². The first-order valence-electron chi connectivity index (χ1n) is 11.1. The van der Waals surface area contributed by atoms with E-state index in [9.17, 15) is 13.4 Å². The van der Waals surface area contributed by atoms with E-state index in [2.05, 4.69) is 17.2 Å². The van der Waals surface area contributed by atoms with Crippen LogP contribution in [0.4, 0.5) is 8.63 Å². The summed E-state index contributed by atoms with van der Waals surface area (Å²) in [5.41, 5.74) is 3.06. The van der Waals surface area contributed by atoms with E-state index in [0.717, 1.165) is 33.5 Å². The third-order valence-corrected chi connectivity index (χ3v) is 6.14. The number of thiophene rings is 1. The minimum absolute atomic E-state index is 0.0337. The van der Waals surface area contributed by atoms with Gasteiger partial charge in [-0.05, 0) is 72.5 Å². The summed E-state index contributed by atoms with van der Waals surface area (Å²) in [6.45, 7) is 2.68. The van der Waals surface area contributed by atoms with Gasteiger partial charge in [0.25, 0.3) is 5.91 Å². The van der Waals surface area contributed by atoms with Gasteiger partial charge in [-0.3, -0.25) is 13.4 Å². The Morgan fingerprint density at radius 2 is 2.00 bits per heavy atom. The highest BCUT2D eigenvalue weighted by molar-refractivity contribution is 7.13. The Bertz CT molecular complexity index is 1220. The van der Waals surface area contributed by atoms with Gasteiger partial charge in [-0.1, -0.05) is 19.4 Å². The first-order chi connectivity index (χ1) is 16.5. The summed E-state index contributed by atoms with van der Waals surface area (Å²) in [6.07, 6.45) is 7.26. The molecule has 0 spiro atoms. The van der Waals surface area contributed by atoms with Crippen LogP contribution in [-0.2, 0) is 4.79 Å². The largest absolute Gasteiger partial charge is 0.678 e. The molecule has 9 heteroatoms. The van der Waals surface area contributed by atoms with Crippen molar-refractivity contribution in [3.63, 3.8) is 0 Å². The SMILES string of the molecule is CCCCNC(=O)COc1ccc(C2=N/C(=C\c3ccc(-c4cccs4)n3B(F)F)C=C2)cc1. The van der Waals surface area contributed by atoms with Crippen molar-refractivity contribution < 1.29 is 18.2 Å². The van der Waals surface area contributed by atoms with Crippen LogP contribution >= 0.6 is 11.3 Å². The van der Waals surface area contributed by atoms with Gasteiger partial charge in [0.15, 0.2) is 6.61 Å². The molecule has 0 aliphatic carbocycles. The Morgan fingerprint density at radius 1 is 1.18 bits per heavy atom. The molecule has 5 nitrogen and oxygen atoms in total. The predicted molar refractivity (Wildman–Crippen MR) is 135 cm³/mol. The second-order valence-corrected chi connectivity index (χ2v) is 8.63. The number of carbonyl (C=O) groups is 1. The van der Waals surface area contributed by atoms with Gasteiger partial charge in [0.1, 0.15) is 5.75 Å². The quantitative estimate of drug-likeness (QED) is 0.300. The Balaban J connectivity index is 1.43. The molecule has 1 aliphatic rings. The molecule has 1 N–H and O–H groups in total. The summed E-state index contributed by atoms with van der Waals surface area (Å²) in [6, 6.07) is 14.3. The lowest BCUT2D eigenvalue weighted by Crippen LogP contribution is -2.29. The molecule has 174 valence electrons. The number of hydrogen-bond acceptors (Lipinski definition) is 4. The standard InChI is InChI=1S/C25H24BF2N3O2S/c1-2-3-14-29-25(32)17-33-21-10-6-18(7-11-21)22-12-8-19(30-22)16-20-9-13-23(31(20)26(27)28)24-5-4-15-34-24/h4-13,15-16H,2-3,14,17H2,1H3,(H,29,32)/b19-16-. The number of nitrogens with zero attached hydrogens (tertiary/aromatic N) is 2. The molecule has 0 atom stereocenters. The molecule has 2 aromatic heterocycles. The van der Waals surface area contributed by atoms with E-state index in [0.29, 0.717) is 29.4 Å². The summed E-state index contributed by atoms with van der Waals surface area (Å²) in [5.74, 6) is 0.440. The normalized spacial score (nSPS) is 13.9. The lowest BCUT2D eigenvalue weighted by molar-refractivity contribution is -0.123. The number of aliphatic imine (C=N–C) groups is 1. The number of carbonyl (C=O) groups excluding carboxylic acids is 1. The minimum Gasteiger partial charge on any atom is -0.484 e. The monoisotopic (exact) mass is 479 g/mol. The zero-order valence-corrected chi connectivity index (χ0v) is 19.5. The van der Waals surface area contributed by atoms with Crippen molar-refractivity contribution in [2.75, 3.05) is 13.2 Å². The molecule has 0 saturated carbocycles. The highest BCUT2D eigenvalue weighted by Crippen LogP contribution is 2.29. The second-order valence-electron chi connectivity index (χ2n) is 7.68. The predicted octanol–water partition coefficient (Wildman–Crippen LogP) is 5.68. The molecular weight excluding hydrogens is 455 g/mol. The van der Waals surface area contributed by atoms with E-state index in [1.807, 2.05) is 35.7 Å². The Morgan fingerprint density at radius 3 is 2.71 bits per heavy atom. The molecule has 1 amide bonds. The van der Waals surface area contributed by atoms with Crippen LogP contribution in [0, 0.1) is 0 Å². The number of rotatable bonds is 10. The highest BCUT2D eigenvalue weighted by Gasteiger charge is 2.24. The van der Waals surface area contributed by atoms with Gasteiger partial charge in [0.05, 0.1) is 17.1 Å². The zero-order chi connectivity index (χ0) is 23.9. The number of allylic oxidation sites excluding steroid dienone is 2. The van der Waals surface area contributed by atoms with Crippen molar-refractivity contribution in [2.24, 2.45) is 4.99 Å². The van der Waals surface area contributed by atoms with Crippen molar-refractivity contribution in [3.05, 3.63) is 83.0 Å². The van der Waals surface area contributed by atoms with Gasteiger partial charge in [-0.15, -0.1) is 11.3 Å². The average Bonchev–Trinajstić information content (AvgIpc) is 3.59. The van der Waals surface area contributed by atoms with Crippen molar-refractivity contribution in [3.8, 4) is 16.3 Å². The first kappa shape index (κ1) is 23.7. The van der Waals surface area contributed by atoms with Crippen molar-refractivity contribution in [2.45, 2.75) is 19.8 Å². The summed E-state index contributed by atoms with van der Waals surface area (Å²) in [5, 5.41) is 4.67. The third kappa shape index (κ3) is 5.72. The van der Waals surface area contributed by atoms with Gasteiger partial charge in [0, 0.05) is 22.7 Å². The molecule has 1 aliphatic heterocycles. The fraction of sp³-hybridized carbons (Fsp3) is 0.200. The maximum absolute atomic E-state index is 13.8. The summed E-state index contributed by atoms with van der Waals surface area (Å²) in [4.78, 5) is 17.1. The Kier molecular flexibility index (Phi) is 7.74. The lowest BCUT2D eigenvalue weighted by Gasteiger charge is -2.08. The molecule has 4 rings (SSSR count). The average molecular weight is 479 g/mol. The maximum atomic E-state index is 13.8. The van der Waals surface area contributed by atoms with Crippen LogP contribution in [0.3, 0.4) is 0 Å². The summed E-state index contributed by atoms with van der Waals surface area (Å²) < 4.78 is 34.2. The van der Waals surface area contributed by atoms with Gasteiger partial charge in [-0.2, -0.15) is 0 Å². The van der Waals surface area contributed by atoms with Gasteiger partial charge in [-0.25, -0.2) is 4.99 Å². The Labute approximate surface area is 201 Å². The second kappa shape index (κ2) is 11.1. The molecule has 3 aromatic rings. The topological polar surface area (TPSA) is 55.6 Å².